The highest BCUT2D eigenvalue weighted by molar-refractivity contribution is 5.40. The summed E-state index contributed by atoms with van der Waals surface area (Å²) in [6, 6.07) is 2.88. The fourth-order valence-corrected chi connectivity index (χ4v) is 1.94. The van der Waals surface area contributed by atoms with Crippen molar-refractivity contribution in [3.8, 4) is 0 Å². The molecule has 0 spiro atoms. The van der Waals surface area contributed by atoms with Crippen molar-refractivity contribution in [3.63, 3.8) is 0 Å². The van der Waals surface area contributed by atoms with E-state index in [2.05, 4.69) is 4.98 Å². The van der Waals surface area contributed by atoms with Crippen LogP contribution in [0.5, 0.6) is 0 Å². The average molecular weight is 206 g/mol. The van der Waals surface area contributed by atoms with Crippen LogP contribution in [0.2, 0.25) is 0 Å². The Morgan fingerprint density at radius 1 is 1.53 bits per heavy atom. The van der Waals surface area contributed by atoms with Gasteiger partial charge < -0.3 is 9.14 Å². The maximum absolute atomic E-state index is 12.9. The summed E-state index contributed by atoms with van der Waals surface area (Å²) in [7, 11) is 0. The number of ether oxygens (including phenoxy) is 1. The molecule has 1 atom stereocenters. The van der Waals surface area contributed by atoms with Gasteiger partial charge in [-0.05, 0) is 12.5 Å². The monoisotopic (exact) mass is 206 g/mol. The number of halogens is 1. The van der Waals surface area contributed by atoms with Crippen molar-refractivity contribution in [1.29, 1.82) is 0 Å². The molecule has 2 aromatic rings. The van der Waals surface area contributed by atoms with E-state index in [1.54, 1.807) is 6.20 Å². The van der Waals surface area contributed by atoms with Crippen LogP contribution in [-0.4, -0.2) is 22.6 Å². The zero-order valence-electron chi connectivity index (χ0n) is 8.19. The molecule has 0 saturated carbocycles. The molecule has 1 unspecified atom stereocenters. The molecule has 4 heteroatoms. The van der Waals surface area contributed by atoms with Crippen LogP contribution < -0.4 is 0 Å². The molecule has 2 aromatic heterocycles. The molecular weight excluding hydrogens is 195 g/mol. The molecule has 0 aliphatic carbocycles. The van der Waals surface area contributed by atoms with E-state index in [0.717, 1.165) is 25.3 Å². The molecule has 1 aliphatic rings. The second kappa shape index (κ2) is 3.31. The van der Waals surface area contributed by atoms with Crippen molar-refractivity contribution < 1.29 is 9.13 Å². The molecule has 0 radical (unpaired) electrons. The Kier molecular flexibility index (Phi) is 1.95. The number of aromatic nitrogens is 2. The highest BCUT2D eigenvalue weighted by Crippen LogP contribution is 2.24. The largest absolute Gasteiger partial charge is 0.381 e. The molecule has 1 aliphatic heterocycles. The van der Waals surface area contributed by atoms with Crippen LogP contribution in [0.3, 0.4) is 0 Å². The third kappa shape index (κ3) is 1.51. The van der Waals surface area contributed by atoms with E-state index in [1.165, 1.54) is 12.1 Å². The van der Waals surface area contributed by atoms with Crippen molar-refractivity contribution in [2.24, 2.45) is 0 Å². The van der Waals surface area contributed by atoms with Crippen molar-refractivity contribution in [3.05, 3.63) is 36.0 Å². The summed E-state index contributed by atoms with van der Waals surface area (Å²) in [4.78, 5) is 4.40. The molecule has 0 N–H and O–H groups in total. The third-order valence-electron chi connectivity index (χ3n) is 2.79. The summed E-state index contributed by atoms with van der Waals surface area (Å²) in [6.07, 6.45) is 4.65. The van der Waals surface area contributed by atoms with E-state index in [9.17, 15) is 4.39 Å². The number of fused-ring (bicyclic) bond motifs is 1. The molecule has 78 valence electrons. The minimum atomic E-state index is -0.248. The Morgan fingerprint density at radius 2 is 2.47 bits per heavy atom. The fourth-order valence-electron chi connectivity index (χ4n) is 1.94. The van der Waals surface area contributed by atoms with Crippen LogP contribution in [0, 0.1) is 5.82 Å². The minimum Gasteiger partial charge on any atom is -0.381 e. The van der Waals surface area contributed by atoms with E-state index in [1.807, 2.05) is 10.6 Å². The molecule has 1 saturated heterocycles. The lowest BCUT2D eigenvalue weighted by molar-refractivity contribution is 0.193. The second-order valence-corrected chi connectivity index (χ2v) is 3.84. The number of imidazole rings is 1. The SMILES string of the molecule is Fc1ccn2cc(C3CCOC3)nc2c1. The highest BCUT2D eigenvalue weighted by Gasteiger charge is 2.20. The van der Waals surface area contributed by atoms with Crippen LogP contribution in [0.15, 0.2) is 24.5 Å². The van der Waals surface area contributed by atoms with Crippen LogP contribution in [-0.2, 0) is 4.74 Å². The first kappa shape index (κ1) is 8.85. The Bertz CT molecular complexity index is 488. The fraction of sp³-hybridized carbons (Fsp3) is 0.364. The Morgan fingerprint density at radius 3 is 3.27 bits per heavy atom. The van der Waals surface area contributed by atoms with Crippen LogP contribution in [0.4, 0.5) is 4.39 Å². The van der Waals surface area contributed by atoms with Gasteiger partial charge >= 0.3 is 0 Å². The van der Waals surface area contributed by atoms with Gasteiger partial charge in [-0.2, -0.15) is 0 Å². The maximum Gasteiger partial charge on any atom is 0.139 e. The minimum absolute atomic E-state index is 0.248. The van der Waals surface area contributed by atoms with Crippen molar-refractivity contribution >= 4 is 5.65 Å². The standard InChI is InChI=1S/C11H11FN2O/c12-9-1-3-14-6-10(13-11(14)5-9)8-2-4-15-7-8/h1,3,5-6,8H,2,4,7H2. The molecule has 0 amide bonds. The smallest absolute Gasteiger partial charge is 0.139 e. The van der Waals surface area contributed by atoms with E-state index >= 15 is 0 Å². The van der Waals surface area contributed by atoms with Gasteiger partial charge in [-0.1, -0.05) is 0 Å². The first-order valence-electron chi connectivity index (χ1n) is 5.05. The van der Waals surface area contributed by atoms with Crippen molar-refractivity contribution in [1.82, 2.24) is 9.38 Å². The van der Waals surface area contributed by atoms with Gasteiger partial charge in [0, 0.05) is 31.0 Å². The number of hydrogen-bond donors (Lipinski definition) is 0. The number of nitrogens with zero attached hydrogens (tertiary/aromatic N) is 2. The predicted octanol–water partition coefficient (Wildman–Crippen LogP) is 1.98. The van der Waals surface area contributed by atoms with E-state index in [0.29, 0.717) is 11.6 Å². The summed E-state index contributed by atoms with van der Waals surface area (Å²) in [5.74, 6) is 0.121. The summed E-state index contributed by atoms with van der Waals surface area (Å²) >= 11 is 0. The number of pyridine rings is 1. The Balaban J connectivity index is 2.05. The molecule has 3 rings (SSSR count). The molecule has 3 nitrogen and oxygen atoms in total. The Labute approximate surface area is 86.5 Å². The van der Waals surface area contributed by atoms with Gasteiger partial charge in [0.1, 0.15) is 11.5 Å². The van der Waals surface area contributed by atoms with Crippen molar-refractivity contribution in [2.75, 3.05) is 13.2 Å². The molecule has 3 heterocycles. The maximum atomic E-state index is 12.9. The lowest BCUT2D eigenvalue weighted by Gasteiger charge is -2.00. The predicted molar refractivity (Wildman–Crippen MR) is 53.3 cm³/mol. The second-order valence-electron chi connectivity index (χ2n) is 3.84. The first-order valence-corrected chi connectivity index (χ1v) is 5.05. The highest BCUT2D eigenvalue weighted by atomic mass is 19.1. The quantitative estimate of drug-likeness (QED) is 0.713. The zero-order valence-corrected chi connectivity index (χ0v) is 8.19. The number of hydrogen-bond acceptors (Lipinski definition) is 2. The Hall–Kier alpha value is -1.42. The molecular formula is C11H11FN2O. The average Bonchev–Trinajstić information content (AvgIpc) is 2.84. The lowest BCUT2D eigenvalue weighted by atomic mass is 10.1. The number of rotatable bonds is 1. The first-order chi connectivity index (χ1) is 7.33. The summed E-state index contributed by atoms with van der Waals surface area (Å²) < 4.78 is 20.1. The summed E-state index contributed by atoms with van der Waals surface area (Å²) in [5, 5.41) is 0. The topological polar surface area (TPSA) is 26.5 Å². The van der Waals surface area contributed by atoms with E-state index in [-0.39, 0.29) is 5.82 Å². The van der Waals surface area contributed by atoms with Gasteiger partial charge in [-0.15, -0.1) is 0 Å². The van der Waals surface area contributed by atoms with Crippen LogP contribution in [0.25, 0.3) is 5.65 Å². The molecule has 1 fully saturated rings. The van der Waals surface area contributed by atoms with E-state index < -0.39 is 0 Å². The van der Waals surface area contributed by atoms with Gasteiger partial charge in [0.2, 0.25) is 0 Å². The zero-order chi connectivity index (χ0) is 10.3. The van der Waals surface area contributed by atoms with Crippen molar-refractivity contribution in [2.45, 2.75) is 12.3 Å². The lowest BCUT2D eigenvalue weighted by Crippen LogP contribution is -1.96. The van der Waals surface area contributed by atoms with Gasteiger partial charge in [-0.3, -0.25) is 0 Å². The third-order valence-corrected chi connectivity index (χ3v) is 2.79. The van der Waals surface area contributed by atoms with Gasteiger partial charge in [0.15, 0.2) is 0 Å². The molecule has 15 heavy (non-hydrogen) atoms. The molecule has 0 bridgehead atoms. The summed E-state index contributed by atoms with van der Waals surface area (Å²) in [5.41, 5.74) is 1.66. The summed E-state index contributed by atoms with van der Waals surface area (Å²) in [6.45, 7) is 1.53. The molecule has 0 aromatic carbocycles. The van der Waals surface area contributed by atoms with E-state index in [4.69, 9.17) is 4.74 Å². The van der Waals surface area contributed by atoms with Crippen LogP contribution in [0.1, 0.15) is 18.0 Å². The normalized spacial score (nSPS) is 21.3. The van der Waals surface area contributed by atoms with Gasteiger partial charge in [0.05, 0.1) is 12.3 Å². The van der Waals surface area contributed by atoms with Gasteiger partial charge in [0.25, 0.3) is 0 Å². The van der Waals surface area contributed by atoms with Gasteiger partial charge in [-0.25, -0.2) is 9.37 Å². The van der Waals surface area contributed by atoms with Crippen LogP contribution >= 0.6 is 0 Å².